The van der Waals surface area contributed by atoms with Crippen molar-refractivity contribution in [1.82, 2.24) is 9.88 Å². The van der Waals surface area contributed by atoms with E-state index in [1.54, 1.807) is 37.6 Å². The Morgan fingerprint density at radius 1 is 1.09 bits per heavy atom. The third-order valence-corrected chi connectivity index (χ3v) is 6.47. The number of nitrogens with zero attached hydrogens (tertiary/aromatic N) is 2. The molecule has 0 radical (unpaired) electrons. The number of fused-ring (bicyclic) bond motifs is 1. The van der Waals surface area contributed by atoms with Gasteiger partial charge in [0.1, 0.15) is 5.82 Å². The minimum absolute atomic E-state index is 0.249. The monoisotopic (exact) mass is 471 g/mol. The van der Waals surface area contributed by atoms with Gasteiger partial charge >= 0.3 is 0 Å². The average molecular weight is 472 g/mol. The minimum Gasteiger partial charge on any atom is -0.494 e. The van der Waals surface area contributed by atoms with Crippen LogP contribution in [0.5, 0.6) is 5.88 Å². The van der Waals surface area contributed by atoms with Crippen LogP contribution in [0.4, 0.5) is 10.1 Å². The number of aromatic nitrogens is 1. The first kappa shape index (κ1) is 23.0. The van der Waals surface area contributed by atoms with E-state index in [0.717, 1.165) is 42.9 Å². The molecule has 7 heteroatoms. The van der Waals surface area contributed by atoms with Gasteiger partial charge in [0.25, 0.3) is 5.56 Å². The predicted octanol–water partition coefficient (Wildman–Crippen LogP) is 5.01. The molecule has 1 aliphatic rings. The second-order valence-electron chi connectivity index (χ2n) is 8.79. The van der Waals surface area contributed by atoms with Crippen molar-refractivity contribution >= 4 is 22.7 Å². The first-order chi connectivity index (χ1) is 17.0. The number of aromatic hydroxyl groups is 1. The summed E-state index contributed by atoms with van der Waals surface area (Å²) in [7, 11) is 1.76. The number of H-pyrrole nitrogens is 1. The van der Waals surface area contributed by atoms with E-state index in [2.05, 4.69) is 14.9 Å². The van der Waals surface area contributed by atoms with Crippen molar-refractivity contribution in [3.63, 3.8) is 0 Å². The molecule has 1 saturated heterocycles. The van der Waals surface area contributed by atoms with E-state index in [4.69, 9.17) is 4.74 Å². The molecule has 0 aliphatic carbocycles. The van der Waals surface area contributed by atoms with Gasteiger partial charge in [-0.1, -0.05) is 30.3 Å². The number of nitrogens with one attached hydrogen (secondary N) is 1. The van der Waals surface area contributed by atoms with Gasteiger partial charge in [-0.2, -0.15) is 0 Å². The standard InChI is InChI=1S/C28H26FN3O3/c1-35-23-12-13-32(17-23)16-18-2-9-22(10-3-18)30-15-26-25-14-20(19-4-7-21(29)8-5-19)6-11-24(25)27(33)31-28(26)34/h2-11,14-15,23H,12-13,16-17H2,1H3,(H2,31,33,34)/t23-/m0/s1. The maximum Gasteiger partial charge on any atom is 0.258 e. The third-order valence-electron chi connectivity index (χ3n) is 6.47. The van der Waals surface area contributed by atoms with Crippen molar-refractivity contribution in [2.24, 2.45) is 4.99 Å². The maximum atomic E-state index is 13.3. The molecule has 4 aromatic rings. The highest BCUT2D eigenvalue weighted by Crippen LogP contribution is 2.28. The molecule has 0 saturated carbocycles. The molecule has 0 bridgehead atoms. The Labute approximate surface area is 202 Å². The first-order valence-corrected chi connectivity index (χ1v) is 11.5. The molecular weight excluding hydrogens is 445 g/mol. The fourth-order valence-electron chi connectivity index (χ4n) is 4.51. The summed E-state index contributed by atoms with van der Waals surface area (Å²) in [6.07, 6.45) is 2.92. The summed E-state index contributed by atoms with van der Waals surface area (Å²) >= 11 is 0. The summed E-state index contributed by atoms with van der Waals surface area (Å²) < 4.78 is 18.8. The van der Waals surface area contributed by atoms with Crippen molar-refractivity contribution in [2.75, 3.05) is 20.2 Å². The lowest BCUT2D eigenvalue weighted by atomic mass is 9.99. The van der Waals surface area contributed by atoms with Crippen LogP contribution in [0.15, 0.2) is 76.5 Å². The molecule has 0 amide bonds. The normalized spacial score (nSPS) is 16.5. The van der Waals surface area contributed by atoms with Crippen LogP contribution in [0.3, 0.4) is 0 Å². The van der Waals surface area contributed by atoms with E-state index < -0.39 is 0 Å². The van der Waals surface area contributed by atoms with Crippen LogP contribution in [-0.4, -0.2) is 47.5 Å². The number of benzene rings is 3. The van der Waals surface area contributed by atoms with Crippen LogP contribution in [0.25, 0.3) is 21.9 Å². The van der Waals surface area contributed by atoms with E-state index in [1.807, 2.05) is 30.3 Å². The second-order valence-corrected chi connectivity index (χ2v) is 8.79. The summed E-state index contributed by atoms with van der Waals surface area (Å²) in [4.78, 5) is 21.8. The SMILES string of the molecule is CO[C@H]1CCN(Cc2ccc(N=Cc3c(O)[nH]c(=O)c4ccc(-c5ccc(F)cc5)cc34)cc2)C1. The van der Waals surface area contributed by atoms with Crippen LogP contribution in [0.2, 0.25) is 0 Å². The number of likely N-dealkylation sites (tertiary alicyclic amines) is 1. The van der Waals surface area contributed by atoms with Gasteiger partial charge in [-0.3, -0.25) is 19.7 Å². The Hall–Kier alpha value is -3.81. The Morgan fingerprint density at radius 2 is 1.83 bits per heavy atom. The van der Waals surface area contributed by atoms with Gasteiger partial charge in [0, 0.05) is 43.7 Å². The zero-order valence-corrected chi connectivity index (χ0v) is 19.4. The summed E-state index contributed by atoms with van der Waals surface area (Å²) in [5, 5.41) is 11.5. The molecule has 1 aliphatic heterocycles. The number of pyridine rings is 1. The Morgan fingerprint density at radius 3 is 2.54 bits per heavy atom. The minimum atomic E-state index is -0.387. The van der Waals surface area contributed by atoms with Crippen molar-refractivity contribution in [3.8, 4) is 17.0 Å². The van der Waals surface area contributed by atoms with Crippen LogP contribution in [0, 0.1) is 5.82 Å². The smallest absolute Gasteiger partial charge is 0.258 e. The van der Waals surface area contributed by atoms with Gasteiger partial charge in [0.05, 0.1) is 17.4 Å². The number of hydrogen-bond acceptors (Lipinski definition) is 5. The highest BCUT2D eigenvalue weighted by molar-refractivity contribution is 6.03. The highest BCUT2D eigenvalue weighted by atomic mass is 19.1. The summed E-state index contributed by atoms with van der Waals surface area (Å²) in [5.74, 6) is -0.567. The van der Waals surface area contributed by atoms with Gasteiger partial charge in [0.2, 0.25) is 5.88 Å². The van der Waals surface area contributed by atoms with Crippen molar-refractivity contribution in [1.29, 1.82) is 0 Å². The molecule has 1 aromatic heterocycles. The number of aromatic amines is 1. The Kier molecular flexibility index (Phi) is 6.44. The van der Waals surface area contributed by atoms with Gasteiger partial charge in [0.15, 0.2) is 0 Å². The van der Waals surface area contributed by atoms with E-state index in [1.165, 1.54) is 17.7 Å². The third kappa shape index (κ3) is 5.01. The van der Waals surface area contributed by atoms with Crippen LogP contribution < -0.4 is 5.56 Å². The zero-order chi connectivity index (χ0) is 24.4. The molecule has 1 atom stereocenters. The number of aliphatic imine (C=N–C) groups is 1. The Balaban J connectivity index is 1.42. The summed E-state index contributed by atoms with van der Waals surface area (Å²) in [6, 6.07) is 19.4. The molecule has 0 unspecified atom stereocenters. The van der Waals surface area contributed by atoms with Crippen LogP contribution >= 0.6 is 0 Å². The molecule has 2 N–H and O–H groups in total. The average Bonchev–Trinajstić information content (AvgIpc) is 3.32. The highest BCUT2D eigenvalue weighted by Gasteiger charge is 2.21. The topological polar surface area (TPSA) is 77.9 Å². The molecule has 3 aromatic carbocycles. The molecule has 35 heavy (non-hydrogen) atoms. The second kappa shape index (κ2) is 9.82. The summed E-state index contributed by atoms with van der Waals surface area (Å²) in [5.41, 5.74) is 3.57. The zero-order valence-electron chi connectivity index (χ0n) is 19.4. The number of methoxy groups -OCH3 is 1. The lowest BCUT2D eigenvalue weighted by molar-refractivity contribution is 0.107. The molecule has 2 heterocycles. The lowest BCUT2D eigenvalue weighted by Crippen LogP contribution is -2.22. The molecular formula is C28H26FN3O3. The first-order valence-electron chi connectivity index (χ1n) is 11.5. The number of rotatable bonds is 6. The van der Waals surface area contributed by atoms with Crippen molar-refractivity contribution < 1.29 is 14.2 Å². The predicted molar refractivity (Wildman–Crippen MR) is 136 cm³/mol. The fraction of sp³-hybridized carbons (Fsp3) is 0.214. The summed E-state index contributed by atoms with van der Waals surface area (Å²) in [6.45, 7) is 2.83. The molecule has 1 fully saturated rings. The van der Waals surface area contributed by atoms with Crippen molar-refractivity contribution in [2.45, 2.75) is 19.1 Å². The van der Waals surface area contributed by atoms with Gasteiger partial charge in [-0.15, -0.1) is 0 Å². The lowest BCUT2D eigenvalue weighted by Gasteiger charge is -2.15. The largest absolute Gasteiger partial charge is 0.494 e. The van der Waals surface area contributed by atoms with E-state index in [-0.39, 0.29) is 17.3 Å². The van der Waals surface area contributed by atoms with Crippen LogP contribution in [-0.2, 0) is 11.3 Å². The van der Waals surface area contributed by atoms with Gasteiger partial charge in [-0.05, 0) is 59.5 Å². The number of ether oxygens (including phenoxy) is 1. The quantitative estimate of drug-likeness (QED) is 0.388. The fourth-order valence-corrected chi connectivity index (χ4v) is 4.51. The number of hydrogen-bond donors (Lipinski definition) is 2. The number of halogens is 1. The molecule has 178 valence electrons. The van der Waals surface area contributed by atoms with E-state index in [9.17, 15) is 14.3 Å². The molecule has 0 spiro atoms. The van der Waals surface area contributed by atoms with Gasteiger partial charge in [-0.25, -0.2) is 4.39 Å². The van der Waals surface area contributed by atoms with Crippen molar-refractivity contribution in [3.05, 3.63) is 94.0 Å². The molecule has 5 rings (SSSR count). The van der Waals surface area contributed by atoms with E-state index >= 15 is 0 Å². The van der Waals surface area contributed by atoms with E-state index in [0.29, 0.717) is 22.4 Å². The Bertz CT molecular complexity index is 1430. The van der Waals surface area contributed by atoms with Crippen LogP contribution in [0.1, 0.15) is 17.5 Å². The van der Waals surface area contributed by atoms with Gasteiger partial charge < -0.3 is 9.84 Å². The maximum absolute atomic E-state index is 13.3. The molecule has 6 nitrogen and oxygen atoms in total.